The molecule has 3 aromatic carbocycles. The zero-order valence-electron chi connectivity index (χ0n) is 22.5. The molecule has 0 aliphatic rings. The van der Waals surface area contributed by atoms with Crippen LogP contribution < -0.4 is 10.2 Å². The highest BCUT2D eigenvalue weighted by Crippen LogP contribution is 2.23. The first-order chi connectivity index (χ1) is 19.2. The SMILES string of the molecule is CCOc1ccc(-n2c(C)cc(/C=N/NC(=O)CN(Cc3ccccc3)S(=O)(=O)c3ccc(Cl)cc3)c2C)cc1. The third-order valence-electron chi connectivity index (χ3n) is 6.24. The highest BCUT2D eigenvalue weighted by atomic mass is 35.5. The van der Waals surface area contributed by atoms with Crippen LogP contribution in [0.25, 0.3) is 5.69 Å². The molecule has 1 heterocycles. The molecule has 1 N–H and O–H groups in total. The Balaban J connectivity index is 1.49. The quantitative estimate of drug-likeness (QED) is 0.188. The van der Waals surface area contributed by atoms with E-state index in [9.17, 15) is 13.2 Å². The van der Waals surface area contributed by atoms with E-state index in [1.54, 1.807) is 18.3 Å². The second kappa shape index (κ2) is 13.0. The van der Waals surface area contributed by atoms with Gasteiger partial charge in [-0.2, -0.15) is 9.41 Å². The second-order valence-corrected chi connectivity index (χ2v) is 11.5. The van der Waals surface area contributed by atoms with E-state index in [1.807, 2.05) is 69.3 Å². The van der Waals surface area contributed by atoms with Crippen LogP contribution in [0.2, 0.25) is 5.02 Å². The fourth-order valence-corrected chi connectivity index (χ4v) is 5.82. The van der Waals surface area contributed by atoms with Gasteiger partial charge in [0.2, 0.25) is 10.0 Å². The fraction of sp³-hybridized carbons (Fsp3) is 0.200. The van der Waals surface area contributed by atoms with Crippen LogP contribution in [0.1, 0.15) is 29.4 Å². The van der Waals surface area contributed by atoms with E-state index in [2.05, 4.69) is 15.1 Å². The number of hydrogen-bond acceptors (Lipinski definition) is 5. The van der Waals surface area contributed by atoms with Gasteiger partial charge in [0.05, 0.1) is 24.3 Å². The van der Waals surface area contributed by atoms with Gasteiger partial charge in [0.1, 0.15) is 5.75 Å². The molecule has 1 amide bonds. The molecule has 8 nitrogen and oxygen atoms in total. The van der Waals surface area contributed by atoms with Gasteiger partial charge in [-0.25, -0.2) is 13.8 Å². The second-order valence-electron chi connectivity index (χ2n) is 9.09. The minimum absolute atomic E-state index is 0.0200. The van der Waals surface area contributed by atoms with E-state index >= 15 is 0 Å². The van der Waals surface area contributed by atoms with Crippen LogP contribution in [0.4, 0.5) is 0 Å². The van der Waals surface area contributed by atoms with E-state index in [0.29, 0.717) is 11.6 Å². The number of hydrazone groups is 1. The van der Waals surface area contributed by atoms with Crippen LogP contribution in [0.5, 0.6) is 5.75 Å². The number of carbonyl (C=O) groups is 1. The van der Waals surface area contributed by atoms with E-state index < -0.39 is 22.5 Å². The summed E-state index contributed by atoms with van der Waals surface area (Å²) in [6.07, 6.45) is 1.56. The van der Waals surface area contributed by atoms with Crippen molar-refractivity contribution in [1.29, 1.82) is 0 Å². The van der Waals surface area contributed by atoms with Crippen LogP contribution in [0.15, 0.2) is 94.9 Å². The predicted molar refractivity (Wildman–Crippen MR) is 158 cm³/mol. The van der Waals surface area contributed by atoms with Crippen molar-refractivity contribution in [3.63, 3.8) is 0 Å². The zero-order valence-corrected chi connectivity index (χ0v) is 24.1. The summed E-state index contributed by atoms with van der Waals surface area (Å²) in [6.45, 7) is 6.10. The molecular formula is C30H31ClN4O4S. The Bertz CT molecular complexity index is 1580. The van der Waals surface area contributed by atoms with Gasteiger partial charge in [0, 0.05) is 34.2 Å². The van der Waals surface area contributed by atoms with Crippen molar-refractivity contribution in [2.75, 3.05) is 13.2 Å². The van der Waals surface area contributed by atoms with Crippen molar-refractivity contribution < 1.29 is 17.9 Å². The summed E-state index contributed by atoms with van der Waals surface area (Å²) in [5.41, 5.74) is 6.96. The number of nitrogens with one attached hydrogen (secondary N) is 1. The van der Waals surface area contributed by atoms with Gasteiger partial charge >= 0.3 is 0 Å². The normalized spacial score (nSPS) is 11.7. The predicted octanol–water partition coefficient (Wildman–Crippen LogP) is 5.49. The number of aryl methyl sites for hydroxylation is 1. The summed E-state index contributed by atoms with van der Waals surface area (Å²) < 4.78 is 35.6. The third kappa shape index (κ3) is 6.98. The van der Waals surface area contributed by atoms with Gasteiger partial charge in [0.15, 0.2) is 0 Å². The number of carbonyl (C=O) groups excluding carboxylic acids is 1. The van der Waals surface area contributed by atoms with Crippen molar-refractivity contribution in [3.8, 4) is 11.4 Å². The molecule has 0 unspecified atom stereocenters. The van der Waals surface area contributed by atoms with Crippen LogP contribution in [0.3, 0.4) is 0 Å². The van der Waals surface area contributed by atoms with E-state index in [0.717, 1.165) is 38.3 Å². The average molecular weight is 579 g/mol. The summed E-state index contributed by atoms with van der Waals surface area (Å²) in [4.78, 5) is 12.9. The van der Waals surface area contributed by atoms with Crippen molar-refractivity contribution in [2.45, 2.75) is 32.2 Å². The van der Waals surface area contributed by atoms with Gasteiger partial charge in [0.25, 0.3) is 5.91 Å². The third-order valence-corrected chi connectivity index (χ3v) is 8.30. The monoisotopic (exact) mass is 578 g/mol. The maximum absolute atomic E-state index is 13.4. The highest BCUT2D eigenvalue weighted by molar-refractivity contribution is 7.89. The fourth-order valence-electron chi connectivity index (χ4n) is 4.31. The van der Waals surface area contributed by atoms with E-state index in [-0.39, 0.29) is 11.4 Å². The van der Waals surface area contributed by atoms with E-state index in [1.165, 1.54) is 24.3 Å². The molecule has 0 aliphatic heterocycles. The largest absolute Gasteiger partial charge is 0.494 e. The maximum atomic E-state index is 13.4. The van der Waals surface area contributed by atoms with Gasteiger partial charge in [-0.05, 0) is 80.9 Å². The van der Waals surface area contributed by atoms with E-state index in [4.69, 9.17) is 16.3 Å². The zero-order chi connectivity index (χ0) is 28.7. The molecule has 0 saturated carbocycles. The molecule has 208 valence electrons. The lowest BCUT2D eigenvalue weighted by molar-refractivity contribution is -0.121. The van der Waals surface area contributed by atoms with Crippen LogP contribution in [-0.4, -0.2) is 42.6 Å². The first kappa shape index (κ1) is 29.1. The summed E-state index contributed by atoms with van der Waals surface area (Å²) in [7, 11) is -3.99. The van der Waals surface area contributed by atoms with Gasteiger partial charge in [-0.1, -0.05) is 41.9 Å². The first-order valence-electron chi connectivity index (χ1n) is 12.7. The number of ether oxygens (including phenoxy) is 1. The summed E-state index contributed by atoms with van der Waals surface area (Å²) in [6, 6.07) is 24.7. The number of aromatic nitrogens is 1. The summed E-state index contributed by atoms with van der Waals surface area (Å²) in [5.74, 6) is 0.239. The van der Waals surface area contributed by atoms with Gasteiger partial charge < -0.3 is 9.30 Å². The molecule has 0 fully saturated rings. The molecule has 1 aromatic heterocycles. The molecule has 0 spiro atoms. The topological polar surface area (TPSA) is 93.0 Å². The molecule has 0 saturated heterocycles. The molecule has 0 aliphatic carbocycles. The Labute approximate surface area is 239 Å². The summed E-state index contributed by atoms with van der Waals surface area (Å²) >= 11 is 5.94. The van der Waals surface area contributed by atoms with Crippen LogP contribution >= 0.6 is 11.6 Å². The van der Waals surface area contributed by atoms with Crippen molar-refractivity contribution in [1.82, 2.24) is 14.3 Å². The molecule has 0 atom stereocenters. The number of benzene rings is 3. The lowest BCUT2D eigenvalue weighted by Gasteiger charge is -2.21. The number of amides is 1. The number of rotatable bonds is 11. The molecule has 10 heteroatoms. The molecule has 40 heavy (non-hydrogen) atoms. The first-order valence-corrected chi connectivity index (χ1v) is 14.5. The minimum atomic E-state index is -3.99. The summed E-state index contributed by atoms with van der Waals surface area (Å²) in [5, 5.41) is 4.54. The van der Waals surface area contributed by atoms with Crippen molar-refractivity contribution in [2.24, 2.45) is 5.10 Å². The van der Waals surface area contributed by atoms with Crippen LogP contribution in [0, 0.1) is 13.8 Å². The Morgan fingerprint density at radius 3 is 2.35 bits per heavy atom. The number of nitrogens with zero attached hydrogens (tertiary/aromatic N) is 3. The Morgan fingerprint density at radius 1 is 1.02 bits per heavy atom. The molecule has 4 rings (SSSR count). The Morgan fingerprint density at radius 2 is 1.70 bits per heavy atom. The lowest BCUT2D eigenvalue weighted by Crippen LogP contribution is -2.39. The highest BCUT2D eigenvalue weighted by Gasteiger charge is 2.27. The minimum Gasteiger partial charge on any atom is -0.494 e. The molecule has 0 radical (unpaired) electrons. The van der Waals surface area contributed by atoms with Crippen molar-refractivity contribution >= 4 is 33.7 Å². The van der Waals surface area contributed by atoms with Gasteiger partial charge in [-0.15, -0.1) is 0 Å². The van der Waals surface area contributed by atoms with Crippen molar-refractivity contribution in [3.05, 3.63) is 112 Å². The maximum Gasteiger partial charge on any atom is 0.255 e. The Hall–Kier alpha value is -3.92. The smallest absolute Gasteiger partial charge is 0.255 e. The molecule has 0 bridgehead atoms. The molecular weight excluding hydrogens is 548 g/mol. The molecule has 4 aromatic rings. The standard InChI is InChI=1S/C30H31ClN4O4S/c1-4-39-28-14-12-27(13-15-28)35-22(2)18-25(23(35)3)19-32-33-30(36)21-34(20-24-8-6-5-7-9-24)40(37,38)29-16-10-26(31)11-17-29/h5-19H,4,20-21H2,1-3H3,(H,33,36)/b32-19+. The lowest BCUT2D eigenvalue weighted by atomic mass is 10.2. The average Bonchev–Trinajstić information content (AvgIpc) is 3.22. The van der Waals surface area contributed by atoms with Crippen LogP contribution in [-0.2, 0) is 21.4 Å². The number of sulfonamides is 1. The van der Waals surface area contributed by atoms with Gasteiger partial charge in [-0.3, -0.25) is 4.79 Å². The number of hydrogen-bond donors (Lipinski definition) is 1. The number of halogens is 1. The Kier molecular flexibility index (Phi) is 9.42.